The Bertz CT molecular complexity index is 851. The maximum absolute atomic E-state index is 12.9. The van der Waals surface area contributed by atoms with Gasteiger partial charge in [0.15, 0.2) is 0 Å². The Labute approximate surface area is 161 Å². The van der Waals surface area contributed by atoms with Crippen molar-refractivity contribution in [1.29, 1.82) is 0 Å². The number of nitrogens with one attached hydrogen (secondary N) is 1. The Morgan fingerprint density at radius 3 is 2.32 bits per heavy atom. The first kappa shape index (κ1) is 20.2. The molecule has 0 bridgehead atoms. The van der Waals surface area contributed by atoms with Crippen molar-refractivity contribution < 1.29 is 23.1 Å². The van der Waals surface area contributed by atoms with Gasteiger partial charge in [-0.15, -0.1) is 0 Å². The third-order valence-electron chi connectivity index (χ3n) is 5.09. The van der Waals surface area contributed by atoms with E-state index in [1.54, 1.807) is 18.7 Å². The second-order valence-electron chi connectivity index (χ2n) is 7.02. The van der Waals surface area contributed by atoms with Gasteiger partial charge in [-0.05, 0) is 38.5 Å². The highest BCUT2D eigenvalue weighted by Gasteiger charge is 2.31. The number of alkyl halides is 3. The smallest absolute Gasteiger partial charge is 0.389 e. The van der Waals surface area contributed by atoms with Gasteiger partial charge in [0.1, 0.15) is 11.5 Å². The number of aliphatic hydroxyl groups is 1. The van der Waals surface area contributed by atoms with Crippen molar-refractivity contribution in [3.8, 4) is 0 Å². The topological polar surface area (TPSA) is 72.5 Å². The van der Waals surface area contributed by atoms with E-state index in [9.17, 15) is 23.1 Å². The van der Waals surface area contributed by atoms with E-state index in [1.807, 2.05) is 11.8 Å². The molecule has 152 valence electrons. The zero-order valence-corrected chi connectivity index (χ0v) is 16.0. The van der Waals surface area contributed by atoms with Crippen molar-refractivity contribution in [2.75, 3.05) is 31.1 Å². The van der Waals surface area contributed by atoms with Crippen molar-refractivity contribution >= 4 is 11.7 Å². The SMILES string of the molecule is Cc1[nH]c(C(=O)N2CCN(c3ccc(C(F)(F)F)cn3)CC2)c(C)c1C(C)O. The number of rotatable bonds is 3. The van der Waals surface area contributed by atoms with Gasteiger partial charge in [0, 0.05) is 43.6 Å². The highest BCUT2D eigenvalue weighted by Crippen LogP contribution is 2.30. The molecule has 0 spiro atoms. The summed E-state index contributed by atoms with van der Waals surface area (Å²) in [6.07, 6.45) is -4.25. The quantitative estimate of drug-likeness (QED) is 0.837. The van der Waals surface area contributed by atoms with E-state index in [1.165, 1.54) is 6.07 Å². The fraction of sp³-hybridized carbons (Fsp3) is 0.474. The highest BCUT2D eigenvalue weighted by molar-refractivity contribution is 5.94. The number of aromatic amines is 1. The molecule has 3 rings (SSSR count). The third-order valence-corrected chi connectivity index (χ3v) is 5.09. The van der Waals surface area contributed by atoms with Crippen LogP contribution < -0.4 is 4.90 Å². The van der Waals surface area contributed by atoms with Crippen LogP contribution in [0.5, 0.6) is 0 Å². The largest absolute Gasteiger partial charge is 0.417 e. The molecule has 6 nitrogen and oxygen atoms in total. The van der Waals surface area contributed by atoms with Crippen molar-refractivity contribution in [2.45, 2.75) is 33.1 Å². The number of carbonyl (C=O) groups excluding carboxylic acids is 1. The third kappa shape index (κ3) is 3.84. The summed E-state index contributed by atoms with van der Waals surface area (Å²) in [6, 6.07) is 2.37. The van der Waals surface area contributed by atoms with Crippen molar-refractivity contribution in [2.24, 2.45) is 0 Å². The summed E-state index contributed by atoms with van der Waals surface area (Å²) in [4.78, 5) is 23.4. The predicted octanol–water partition coefficient (Wildman–Crippen LogP) is 3.06. The predicted molar refractivity (Wildman–Crippen MR) is 98.3 cm³/mol. The summed E-state index contributed by atoms with van der Waals surface area (Å²) in [7, 11) is 0. The molecule has 0 radical (unpaired) electrons. The van der Waals surface area contributed by atoms with Crippen molar-refractivity contribution in [3.63, 3.8) is 0 Å². The lowest BCUT2D eigenvalue weighted by Crippen LogP contribution is -2.49. The Balaban J connectivity index is 1.67. The monoisotopic (exact) mass is 396 g/mol. The van der Waals surface area contributed by atoms with E-state index >= 15 is 0 Å². The first-order valence-corrected chi connectivity index (χ1v) is 9.04. The molecule has 1 saturated heterocycles. The lowest BCUT2D eigenvalue weighted by molar-refractivity contribution is -0.137. The van der Waals surface area contributed by atoms with Crippen LogP contribution in [0.1, 0.15) is 45.9 Å². The molecule has 2 aromatic heterocycles. The second kappa shape index (κ2) is 7.46. The fourth-order valence-electron chi connectivity index (χ4n) is 3.64. The molecule has 0 aliphatic carbocycles. The lowest BCUT2D eigenvalue weighted by atomic mass is 10.1. The van der Waals surface area contributed by atoms with E-state index in [0.717, 1.165) is 29.1 Å². The lowest BCUT2D eigenvalue weighted by Gasteiger charge is -2.35. The summed E-state index contributed by atoms with van der Waals surface area (Å²) < 4.78 is 38.0. The van der Waals surface area contributed by atoms with E-state index < -0.39 is 17.8 Å². The molecule has 3 heterocycles. The number of aromatic nitrogens is 2. The number of aryl methyl sites for hydroxylation is 1. The molecule has 2 N–H and O–H groups in total. The molecule has 1 amide bonds. The zero-order valence-electron chi connectivity index (χ0n) is 16.0. The van der Waals surface area contributed by atoms with Crippen LogP contribution in [0, 0.1) is 13.8 Å². The summed E-state index contributed by atoms with van der Waals surface area (Å²) in [5, 5.41) is 9.89. The normalized spacial score (nSPS) is 16.4. The number of hydrogen-bond donors (Lipinski definition) is 2. The molecule has 2 aromatic rings. The van der Waals surface area contributed by atoms with Crippen LogP contribution in [0.15, 0.2) is 18.3 Å². The summed E-state index contributed by atoms with van der Waals surface area (Å²) in [6.45, 7) is 7.11. The van der Waals surface area contributed by atoms with Gasteiger partial charge in [-0.25, -0.2) is 4.98 Å². The Morgan fingerprint density at radius 1 is 1.21 bits per heavy atom. The molecule has 0 saturated carbocycles. The minimum absolute atomic E-state index is 0.146. The molecule has 1 atom stereocenters. The van der Waals surface area contributed by atoms with Gasteiger partial charge in [0.05, 0.1) is 11.7 Å². The first-order valence-electron chi connectivity index (χ1n) is 9.04. The van der Waals surface area contributed by atoms with E-state index in [0.29, 0.717) is 37.7 Å². The minimum Gasteiger partial charge on any atom is -0.389 e. The molecule has 9 heteroatoms. The van der Waals surface area contributed by atoms with Gasteiger partial charge < -0.3 is 19.9 Å². The average Bonchev–Trinajstić information content (AvgIpc) is 2.95. The van der Waals surface area contributed by atoms with Gasteiger partial charge in [-0.2, -0.15) is 13.2 Å². The summed E-state index contributed by atoms with van der Waals surface area (Å²) >= 11 is 0. The molecule has 1 aliphatic heterocycles. The molecule has 1 fully saturated rings. The van der Waals surface area contributed by atoms with Crippen LogP contribution >= 0.6 is 0 Å². The maximum atomic E-state index is 12.9. The molecular weight excluding hydrogens is 373 g/mol. The zero-order chi connectivity index (χ0) is 20.6. The van der Waals surface area contributed by atoms with Crippen LogP contribution in [-0.2, 0) is 6.18 Å². The van der Waals surface area contributed by atoms with Crippen LogP contribution in [0.2, 0.25) is 0 Å². The van der Waals surface area contributed by atoms with E-state index in [-0.39, 0.29) is 5.91 Å². The van der Waals surface area contributed by atoms with Crippen LogP contribution in [0.4, 0.5) is 19.0 Å². The number of halogens is 3. The van der Waals surface area contributed by atoms with Gasteiger partial charge in [-0.3, -0.25) is 4.79 Å². The van der Waals surface area contributed by atoms with Crippen LogP contribution in [0.3, 0.4) is 0 Å². The maximum Gasteiger partial charge on any atom is 0.417 e. The number of anilines is 1. The Morgan fingerprint density at radius 2 is 1.86 bits per heavy atom. The average molecular weight is 396 g/mol. The van der Waals surface area contributed by atoms with Gasteiger partial charge in [0.25, 0.3) is 5.91 Å². The van der Waals surface area contributed by atoms with E-state index in [2.05, 4.69) is 9.97 Å². The standard InChI is InChI=1S/C19H23F3N4O2/c1-11-16(13(3)27)12(2)24-17(11)18(28)26-8-6-25(7-9-26)15-5-4-14(10-23-15)19(20,21)22/h4-5,10,13,24,27H,6-9H2,1-3H3. The van der Waals surface area contributed by atoms with Gasteiger partial charge in [0.2, 0.25) is 0 Å². The summed E-state index contributed by atoms with van der Waals surface area (Å²) in [5.74, 6) is 0.316. The molecule has 0 aromatic carbocycles. The number of piperazine rings is 1. The van der Waals surface area contributed by atoms with Gasteiger partial charge >= 0.3 is 6.18 Å². The number of nitrogens with zero attached hydrogens (tertiary/aromatic N) is 3. The van der Waals surface area contributed by atoms with Crippen LogP contribution in [0.25, 0.3) is 0 Å². The molecule has 28 heavy (non-hydrogen) atoms. The number of hydrogen-bond acceptors (Lipinski definition) is 4. The number of aliphatic hydroxyl groups excluding tert-OH is 1. The van der Waals surface area contributed by atoms with E-state index in [4.69, 9.17) is 0 Å². The van der Waals surface area contributed by atoms with Crippen molar-refractivity contribution in [1.82, 2.24) is 14.9 Å². The fourth-order valence-corrected chi connectivity index (χ4v) is 3.64. The first-order chi connectivity index (χ1) is 13.1. The second-order valence-corrected chi connectivity index (χ2v) is 7.02. The summed E-state index contributed by atoms with van der Waals surface area (Å²) in [5.41, 5.74) is 1.93. The Kier molecular flexibility index (Phi) is 5.38. The number of pyridine rings is 1. The van der Waals surface area contributed by atoms with Crippen molar-refractivity contribution in [3.05, 3.63) is 46.4 Å². The number of amides is 1. The molecule has 1 aliphatic rings. The highest BCUT2D eigenvalue weighted by atomic mass is 19.4. The molecular formula is C19H23F3N4O2. The van der Waals surface area contributed by atoms with Crippen LogP contribution in [-0.4, -0.2) is 52.1 Å². The number of H-pyrrole nitrogens is 1. The Hall–Kier alpha value is -2.55. The van der Waals surface area contributed by atoms with Gasteiger partial charge in [-0.1, -0.05) is 0 Å². The molecule has 1 unspecified atom stereocenters. The minimum atomic E-state index is -4.41. The number of carbonyl (C=O) groups is 1.